The molecule has 0 aliphatic carbocycles. The summed E-state index contributed by atoms with van der Waals surface area (Å²) in [5, 5.41) is 32.5. The van der Waals surface area contributed by atoms with Gasteiger partial charge in [0.15, 0.2) is 11.9 Å². The average Bonchev–Trinajstić information content (AvgIpc) is 3.52. The number of hydrogen-bond donors (Lipinski definition) is 4. The maximum atomic E-state index is 15.6. The van der Waals surface area contributed by atoms with Crippen molar-refractivity contribution in [1.29, 1.82) is 0 Å². The summed E-state index contributed by atoms with van der Waals surface area (Å²) in [6, 6.07) is 10.5. The summed E-state index contributed by atoms with van der Waals surface area (Å²) < 4.78 is 100. The third-order valence-electron chi connectivity index (χ3n) is 9.33. The van der Waals surface area contributed by atoms with Crippen LogP contribution in [0.15, 0.2) is 60.8 Å². The van der Waals surface area contributed by atoms with Crippen LogP contribution in [0.25, 0.3) is 10.9 Å². The molecule has 4 aromatic rings. The summed E-state index contributed by atoms with van der Waals surface area (Å²) in [4.78, 5) is 11.9. The number of carbonyl (C=O) groups is 1. The molecule has 3 aromatic carbocycles. The zero-order valence-electron chi connectivity index (χ0n) is 28.1. The third kappa shape index (κ3) is 8.03. The highest BCUT2D eigenvalue weighted by Gasteiger charge is 2.63. The van der Waals surface area contributed by atoms with Crippen molar-refractivity contribution in [3.05, 3.63) is 82.0 Å². The van der Waals surface area contributed by atoms with E-state index in [1.807, 2.05) is 0 Å². The predicted molar refractivity (Wildman–Crippen MR) is 182 cm³/mol. The van der Waals surface area contributed by atoms with E-state index in [9.17, 15) is 28.2 Å². The van der Waals surface area contributed by atoms with Crippen molar-refractivity contribution in [1.82, 2.24) is 10.2 Å². The van der Waals surface area contributed by atoms with Gasteiger partial charge in [0, 0.05) is 27.5 Å². The van der Waals surface area contributed by atoms with E-state index in [0.717, 1.165) is 6.92 Å². The first-order chi connectivity index (χ1) is 23.5. The average molecular weight is 765 g/mol. The van der Waals surface area contributed by atoms with Crippen molar-refractivity contribution in [2.24, 2.45) is 0 Å². The molecule has 1 aromatic heterocycles. The number of aromatic amines is 1. The Bertz CT molecular complexity index is 1870. The lowest BCUT2D eigenvalue weighted by Gasteiger charge is -2.47. The number of halogens is 8. The van der Waals surface area contributed by atoms with E-state index < -0.39 is 66.0 Å². The van der Waals surface area contributed by atoms with Crippen molar-refractivity contribution in [3.63, 3.8) is 0 Å². The van der Waals surface area contributed by atoms with Crippen molar-refractivity contribution in [2.45, 2.75) is 80.5 Å². The van der Waals surface area contributed by atoms with E-state index in [1.165, 1.54) is 82.8 Å². The van der Waals surface area contributed by atoms with Crippen LogP contribution in [0.4, 0.5) is 32.0 Å². The van der Waals surface area contributed by atoms with Gasteiger partial charge in [0.25, 0.3) is 0 Å². The van der Waals surface area contributed by atoms with Gasteiger partial charge in [-0.1, -0.05) is 62.2 Å². The van der Waals surface area contributed by atoms with Crippen molar-refractivity contribution in [2.75, 3.05) is 19.5 Å². The number of benzene rings is 3. The number of nitrogens with one attached hydrogen (secondary N) is 2. The van der Waals surface area contributed by atoms with Gasteiger partial charge in [-0.2, -0.15) is 31.4 Å². The molecule has 16 heteroatoms. The number of alkyl halides is 6. The van der Waals surface area contributed by atoms with Gasteiger partial charge in [0.1, 0.15) is 11.5 Å². The standard InChI is InChI=1S/C35H37Cl2F6N3O5/c1-30(2,23-11-9-20(50-4)13-25(23)36)17-33(49,35(41,42)43)29(45-27-7-6-8-28-22(27)16-44-46-28)15-31(3,18-32(48,19-47)34(38,39)40)24-12-10-21(51-5)14-26(24)37/h6-14,16,19,29,45,48-49H,15,17-18H2,1-5H3,(H,44,46). The largest absolute Gasteiger partial charge is 0.497 e. The quantitative estimate of drug-likeness (QED) is 0.0752. The van der Waals surface area contributed by atoms with E-state index in [0.29, 0.717) is 16.7 Å². The summed E-state index contributed by atoms with van der Waals surface area (Å²) in [5.74, 6) is 0.511. The fraction of sp³-hybridized carbons (Fsp3) is 0.429. The van der Waals surface area contributed by atoms with Gasteiger partial charge in [0.05, 0.1) is 32.0 Å². The molecule has 0 bridgehead atoms. The molecule has 1 heterocycles. The van der Waals surface area contributed by atoms with Crippen LogP contribution in [0.5, 0.6) is 11.5 Å². The number of anilines is 1. The van der Waals surface area contributed by atoms with Crippen LogP contribution in [0, 0.1) is 0 Å². The molecule has 0 saturated heterocycles. The Labute approximate surface area is 300 Å². The van der Waals surface area contributed by atoms with Crippen LogP contribution in [0.3, 0.4) is 0 Å². The summed E-state index contributed by atoms with van der Waals surface area (Å²) in [5.41, 5.74) is -10.9. The second-order valence-electron chi connectivity index (χ2n) is 13.5. The van der Waals surface area contributed by atoms with Crippen LogP contribution in [-0.4, -0.2) is 70.5 Å². The molecule has 278 valence electrons. The maximum absolute atomic E-state index is 15.6. The van der Waals surface area contributed by atoms with Gasteiger partial charge in [-0.25, -0.2) is 0 Å². The Balaban J connectivity index is 1.99. The molecule has 4 N–H and O–H groups in total. The normalized spacial score (nSPS) is 16.8. The molecule has 0 saturated carbocycles. The number of hydrogen-bond acceptors (Lipinski definition) is 7. The van der Waals surface area contributed by atoms with Crippen LogP contribution >= 0.6 is 23.2 Å². The third-order valence-corrected chi connectivity index (χ3v) is 9.95. The zero-order valence-corrected chi connectivity index (χ0v) is 29.7. The number of fused-ring (bicyclic) bond motifs is 1. The van der Waals surface area contributed by atoms with Gasteiger partial charge in [-0.15, -0.1) is 0 Å². The molecular formula is C35H37Cl2F6N3O5. The molecule has 0 amide bonds. The SMILES string of the molecule is COc1ccc(C(C)(C)CC(O)(C(CC(C)(CC(O)(C=O)C(F)(F)F)c2ccc(OC)cc2Cl)Nc2cccc3[nH]ncc23)C(F)(F)F)c(Cl)c1. The van der Waals surface area contributed by atoms with E-state index in [2.05, 4.69) is 15.5 Å². The zero-order chi connectivity index (χ0) is 38.2. The first kappa shape index (κ1) is 40.1. The number of H-pyrrole nitrogens is 1. The smallest absolute Gasteiger partial charge is 0.424 e. The van der Waals surface area contributed by atoms with Gasteiger partial charge in [-0.05, 0) is 71.2 Å². The van der Waals surface area contributed by atoms with Crippen molar-refractivity contribution in [3.8, 4) is 11.5 Å². The summed E-state index contributed by atoms with van der Waals surface area (Å²) >= 11 is 13.0. The Kier molecular flexibility index (Phi) is 11.3. The molecule has 8 nitrogen and oxygen atoms in total. The molecule has 0 aliphatic heterocycles. The number of methoxy groups -OCH3 is 2. The minimum absolute atomic E-state index is 0.0487. The molecule has 4 atom stereocenters. The van der Waals surface area contributed by atoms with E-state index in [1.54, 1.807) is 6.07 Å². The summed E-state index contributed by atoms with van der Waals surface area (Å²) in [7, 11) is 2.68. The number of carbonyl (C=O) groups excluding carboxylic acids is 1. The fourth-order valence-electron chi connectivity index (χ4n) is 6.63. The lowest BCUT2D eigenvalue weighted by atomic mass is 9.65. The van der Waals surface area contributed by atoms with Gasteiger partial charge < -0.3 is 25.0 Å². The first-order valence-corrected chi connectivity index (χ1v) is 16.2. The van der Waals surface area contributed by atoms with Gasteiger partial charge >= 0.3 is 12.4 Å². The minimum Gasteiger partial charge on any atom is -0.497 e. The van der Waals surface area contributed by atoms with Crippen molar-refractivity contribution >= 4 is 46.1 Å². The number of aldehydes is 1. The van der Waals surface area contributed by atoms with Gasteiger partial charge in [-0.3, -0.25) is 9.89 Å². The fourth-order valence-corrected chi connectivity index (χ4v) is 7.45. The number of nitrogens with zero attached hydrogens (tertiary/aromatic N) is 1. The highest BCUT2D eigenvalue weighted by atomic mass is 35.5. The molecule has 0 fully saturated rings. The number of aromatic nitrogens is 2. The molecule has 51 heavy (non-hydrogen) atoms. The highest BCUT2D eigenvalue weighted by Crippen LogP contribution is 2.51. The highest BCUT2D eigenvalue weighted by molar-refractivity contribution is 6.32. The minimum atomic E-state index is -5.53. The van der Waals surface area contributed by atoms with Crippen LogP contribution in [0.1, 0.15) is 51.2 Å². The number of ether oxygens (including phenoxy) is 2. The predicted octanol–water partition coefficient (Wildman–Crippen LogP) is 8.56. The van der Waals surface area contributed by atoms with E-state index >= 15 is 13.2 Å². The molecule has 0 aliphatic rings. The Morgan fingerprint density at radius 2 is 1.43 bits per heavy atom. The van der Waals surface area contributed by atoms with E-state index in [4.69, 9.17) is 32.7 Å². The van der Waals surface area contributed by atoms with Crippen LogP contribution in [-0.2, 0) is 15.6 Å². The van der Waals surface area contributed by atoms with Crippen LogP contribution in [0.2, 0.25) is 10.0 Å². The molecule has 4 rings (SSSR count). The maximum Gasteiger partial charge on any atom is 0.424 e. The topological polar surface area (TPSA) is 117 Å². The Morgan fingerprint density at radius 1 is 0.863 bits per heavy atom. The second kappa shape index (κ2) is 14.4. The first-order valence-electron chi connectivity index (χ1n) is 15.5. The number of rotatable bonds is 14. The Hall–Kier alpha value is -3.72. The van der Waals surface area contributed by atoms with Crippen molar-refractivity contribution < 1.29 is 50.8 Å². The number of aliphatic hydroxyl groups is 2. The van der Waals surface area contributed by atoms with Gasteiger partial charge in [0.2, 0.25) is 5.60 Å². The lowest BCUT2D eigenvalue weighted by molar-refractivity contribution is -0.275. The van der Waals surface area contributed by atoms with Crippen LogP contribution < -0.4 is 14.8 Å². The summed E-state index contributed by atoms with van der Waals surface area (Å²) in [6.45, 7) is 4.00. The van der Waals surface area contributed by atoms with E-state index in [-0.39, 0.29) is 32.6 Å². The second-order valence-corrected chi connectivity index (χ2v) is 14.3. The summed E-state index contributed by atoms with van der Waals surface area (Å²) in [6.07, 6.45) is -13.8. The lowest BCUT2D eigenvalue weighted by Crippen LogP contribution is -2.62. The molecule has 0 radical (unpaired) electrons. The molecule has 4 unspecified atom stereocenters. The molecule has 0 spiro atoms. The molecular weight excluding hydrogens is 727 g/mol. The monoisotopic (exact) mass is 763 g/mol. The Morgan fingerprint density at radius 3 is 1.92 bits per heavy atom.